The minimum absolute atomic E-state index is 0.169. The standard InChI is InChI=1S/C17H18BrNO5S/c1-19(8-9-22-14-4-2-13(18)3-5-14)25(20,21)15-6-7-16-17(12-15)24-11-10-23-16/h2-7,12H,8-11H2,1H3. The molecule has 0 aromatic heterocycles. The maximum atomic E-state index is 12.7. The van der Waals surface area contributed by atoms with Gasteiger partial charge in [-0.05, 0) is 36.4 Å². The Hall–Kier alpha value is -1.77. The highest BCUT2D eigenvalue weighted by molar-refractivity contribution is 9.10. The number of rotatable bonds is 6. The second-order valence-electron chi connectivity index (χ2n) is 5.43. The molecular weight excluding hydrogens is 410 g/mol. The van der Waals surface area contributed by atoms with E-state index in [2.05, 4.69) is 15.9 Å². The van der Waals surface area contributed by atoms with Crippen LogP contribution in [0.2, 0.25) is 0 Å². The van der Waals surface area contributed by atoms with Crippen LogP contribution in [0.3, 0.4) is 0 Å². The summed E-state index contributed by atoms with van der Waals surface area (Å²) in [7, 11) is -2.10. The lowest BCUT2D eigenvalue weighted by atomic mass is 10.3. The molecule has 0 spiro atoms. The molecule has 1 aliphatic heterocycles. The molecule has 1 heterocycles. The Kier molecular flexibility index (Phi) is 5.51. The van der Waals surface area contributed by atoms with E-state index in [1.807, 2.05) is 24.3 Å². The largest absolute Gasteiger partial charge is 0.492 e. The van der Waals surface area contributed by atoms with Crippen molar-refractivity contribution in [1.82, 2.24) is 4.31 Å². The van der Waals surface area contributed by atoms with E-state index in [0.717, 1.165) is 4.47 Å². The van der Waals surface area contributed by atoms with Gasteiger partial charge in [-0.25, -0.2) is 8.42 Å². The predicted octanol–water partition coefficient (Wildman–Crippen LogP) is 2.92. The first-order chi connectivity index (χ1) is 12.0. The van der Waals surface area contributed by atoms with Gasteiger partial charge in [0.05, 0.1) is 4.90 Å². The molecule has 0 saturated heterocycles. The Labute approximate surface area is 155 Å². The molecule has 8 heteroatoms. The smallest absolute Gasteiger partial charge is 0.243 e. The zero-order valence-electron chi connectivity index (χ0n) is 13.6. The highest BCUT2D eigenvalue weighted by atomic mass is 79.9. The van der Waals surface area contributed by atoms with Crippen molar-refractivity contribution in [3.63, 3.8) is 0 Å². The summed E-state index contributed by atoms with van der Waals surface area (Å²) < 4.78 is 44.0. The van der Waals surface area contributed by atoms with Crippen molar-refractivity contribution in [3.05, 3.63) is 46.9 Å². The number of halogens is 1. The maximum Gasteiger partial charge on any atom is 0.243 e. The van der Waals surface area contributed by atoms with Crippen LogP contribution in [0.25, 0.3) is 0 Å². The maximum absolute atomic E-state index is 12.7. The summed E-state index contributed by atoms with van der Waals surface area (Å²) in [6, 6.07) is 12.0. The zero-order valence-corrected chi connectivity index (χ0v) is 16.0. The molecule has 0 N–H and O–H groups in total. The van der Waals surface area contributed by atoms with Gasteiger partial charge in [0, 0.05) is 24.1 Å². The molecule has 0 fully saturated rings. The summed E-state index contributed by atoms with van der Waals surface area (Å²) in [6.07, 6.45) is 0. The number of hydrogen-bond donors (Lipinski definition) is 0. The van der Waals surface area contributed by atoms with Crippen LogP contribution in [0.4, 0.5) is 0 Å². The highest BCUT2D eigenvalue weighted by Gasteiger charge is 2.23. The number of benzene rings is 2. The number of likely N-dealkylation sites (N-methyl/N-ethyl adjacent to an activating group) is 1. The molecule has 0 saturated carbocycles. The average molecular weight is 428 g/mol. The third-order valence-corrected chi connectivity index (χ3v) is 6.09. The fourth-order valence-electron chi connectivity index (χ4n) is 2.31. The Morgan fingerprint density at radius 1 is 1.08 bits per heavy atom. The summed E-state index contributed by atoms with van der Waals surface area (Å²) in [4.78, 5) is 0.169. The lowest BCUT2D eigenvalue weighted by Gasteiger charge is -2.21. The van der Waals surface area contributed by atoms with Gasteiger partial charge in [-0.3, -0.25) is 0 Å². The molecule has 1 aliphatic rings. The summed E-state index contributed by atoms with van der Waals surface area (Å²) >= 11 is 3.35. The second-order valence-corrected chi connectivity index (χ2v) is 8.39. The Bertz CT molecular complexity index is 839. The van der Waals surface area contributed by atoms with E-state index >= 15 is 0 Å². The molecule has 2 aromatic rings. The molecule has 134 valence electrons. The van der Waals surface area contributed by atoms with Gasteiger partial charge in [0.1, 0.15) is 25.6 Å². The minimum Gasteiger partial charge on any atom is -0.492 e. The quantitative estimate of drug-likeness (QED) is 0.708. The Balaban J connectivity index is 1.64. The molecule has 0 radical (unpaired) electrons. The summed E-state index contributed by atoms with van der Waals surface area (Å²) in [5, 5.41) is 0. The van der Waals surface area contributed by atoms with Crippen LogP contribution in [0.15, 0.2) is 51.8 Å². The molecule has 25 heavy (non-hydrogen) atoms. The van der Waals surface area contributed by atoms with Crippen LogP contribution in [-0.4, -0.2) is 46.1 Å². The van der Waals surface area contributed by atoms with Crippen molar-refractivity contribution >= 4 is 26.0 Å². The zero-order chi connectivity index (χ0) is 17.9. The molecule has 2 aromatic carbocycles. The van der Waals surface area contributed by atoms with Crippen LogP contribution in [-0.2, 0) is 10.0 Å². The average Bonchev–Trinajstić information content (AvgIpc) is 2.62. The van der Waals surface area contributed by atoms with Crippen molar-refractivity contribution in [1.29, 1.82) is 0 Å². The summed E-state index contributed by atoms with van der Waals surface area (Å²) in [6.45, 7) is 1.36. The first-order valence-electron chi connectivity index (χ1n) is 7.71. The molecule has 0 aliphatic carbocycles. The first-order valence-corrected chi connectivity index (χ1v) is 9.94. The summed E-state index contributed by atoms with van der Waals surface area (Å²) in [5.74, 6) is 1.70. The van der Waals surface area contributed by atoms with Crippen LogP contribution in [0, 0.1) is 0 Å². The fourth-order valence-corrected chi connectivity index (χ4v) is 3.74. The SMILES string of the molecule is CN(CCOc1ccc(Br)cc1)S(=O)(=O)c1ccc2c(c1)OCCO2. The first kappa shape index (κ1) is 18.0. The highest BCUT2D eigenvalue weighted by Crippen LogP contribution is 2.32. The van der Waals surface area contributed by atoms with Gasteiger partial charge >= 0.3 is 0 Å². The van der Waals surface area contributed by atoms with Crippen molar-refractivity contribution in [2.24, 2.45) is 0 Å². The number of ether oxygens (including phenoxy) is 3. The lowest BCUT2D eigenvalue weighted by molar-refractivity contribution is 0.171. The van der Waals surface area contributed by atoms with Gasteiger partial charge < -0.3 is 14.2 Å². The van der Waals surface area contributed by atoms with E-state index in [4.69, 9.17) is 14.2 Å². The van der Waals surface area contributed by atoms with Crippen LogP contribution in [0.5, 0.6) is 17.2 Å². The molecular formula is C17H18BrNO5S. The monoisotopic (exact) mass is 427 g/mol. The van der Waals surface area contributed by atoms with Crippen LogP contribution < -0.4 is 14.2 Å². The minimum atomic E-state index is -3.62. The van der Waals surface area contributed by atoms with Gasteiger partial charge in [0.25, 0.3) is 0 Å². The lowest BCUT2D eigenvalue weighted by Crippen LogP contribution is -2.31. The van der Waals surface area contributed by atoms with Crippen LogP contribution in [0.1, 0.15) is 0 Å². The molecule has 0 amide bonds. The van der Waals surface area contributed by atoms with Gasteiger partial charge in [0.2, 0.25) is 10.0 Å². The van der Waals surface area contributed by atoms with Crippen molar-refractivity contribution in [3.8, 4) is 17.2 Å². The number of nitrogens with zero attached hydrogens (tertiary/aromatic N) is 1. The van der Waals surface area contributed by atoms with E-state index < -0.39 is 10.0 Å². The van der Waals surface area contributed by atoms with Crippen molar-refractivity contribution < 1.29 is 22.6 Å². The van der Waals surface area contributed by atoms with Gasteiger partial charge in [0.15, 0.2) is 11.5 Å². The number of fused-ring (bicyclic) bond motifs is 1. The topological polar surface area (TPSA) is 65.1 Å². The number of sulfonamides is 1. The third kappa shape index (κ3) is 4.26. The fraction of sp³-hybridized carbons (Fsp3) is 0.294. The van der Waals surface area contributed by atoms with Gasteiger partial charge in [-0.1, -0.05) is 15.9 Å². The van der Waals surface area contributed by atoms with E-state index in [1.54, 1.807) is 6.07 Å². The molecule has 6 nitrogen and oxygen atoms in total. The molecule has 3 rings (SSSR count). The van der Waals surface area contributed by atoms with Crippen molar-refractivity contribution in [2.45, 2.75) is 4.90 Å². The number of hydrogen-bond acceptors (Lipinski definition) is 5. The van der Waals surface area contributed by atoms with E-state index in [0.29, 0.717) is 30.5 Å². The van der Waals surface area contributed by atoms with E-state index in [1.165, 1.54) is 23.5 Å². The Morgan fingerprint density at radius 2 is 1.76 bits per heavy atom. The normalized spacial score (nSPS) is 13.7. The van der Waals surface area contributed by atoms with Crippen LogP contribution >= 0.6 is 15.9 Å². The molecule has 0 atom stereocenters. The summed E-state index contributed by atoms with van der Waals surface area (Å²) in [5.41, 5.74) is 0. The third-order valence-electron chi connectivity index (χ3n) is 3.71. The van der Waals surface area contributed by atoms with Gasteiger partial charge in [-0.15, -0.1) is 0 Å². The molecule has 0 unspecified atom stereocenters. The Morgan fingerprint density at radius 3 is 2.48 bits per heavy atom. The molecule has 0 bridgehead atoms. The van der Waals surface area contributed by atoms with Crippen molar-refractivity contribution in [2.75, 3.05) is 33.4 Å². The van der Waals surface area contributed by atoms with Gasteiger partial charge in [-0.2, -0.15) is 4.31 Å². The second kappa shape index (κ2) is 7.63. The predicted molar refractivity (Wildman–Crippen MR) is 96.9 cm³/mol. The van der Waals surface area contributed by atoms with E-state index in [9.17, 15) is 8.42 Å². The van der Waals surface area contributed by atoms with E-state index in [-0.39, 0.29) is 18.0 Å².